The Balaban J connectivity index is 2.07. The molecule has 2 atom stereocenters. The molecule has 2 unspecified atom stereocenters. The SMILES string of the molecule is CC1CCCC(CN)N1S(=O)(=O)CC1CCCCC1. The first kappa shape index (κ1) is 15.3. The van der Waals surface area contributed by atoms with E-state index in [1.54, 1.807) is 4.31 Å². The van der Waals surface area contributed by atoms with Crippen LogP contribution in [0.15, 0.2) is 0 Å². The van der Waals surface area contributed by atoms with Gasteiger partial charge in [0, 0.05) is 18.6 Å². The molecule has 1 saturated heterocycles. The molecule has 1 heterocycles. The van der Waals surface area contributed by atoms with E-state index in [2.05, 4.69) is 0 Å². The summed E-state index contributed by atoms with van der Waals surface area (Å²) in [4.78, 5) is 0. The highest BCUT2D eigenvalue weighted by Crippen LogP contribution is 2.30. The van der Waals surface area contributed by atoms with E-state index in [-0.39, 0.29) is 12.1 Å². The molecule has 0 amide bonds. The van der Waals surface area contributed by atoms with Crippen molar-refractivity contribution in [3.05, 3.63) is 0 Å². The summed E-state index contributed by atoms with van der Waals surface area (Å²) in [5.74, 6) is 0.708. The van der Waals surface area contributed by atoms with Crippen LogP contribution in [0.3, 0.4) is 0 Å². The maximum Gasteiger partial charge on any atom is 0.214 e. The second kappa shape index (κ2) is 6.55. The van der Waals surface area contributed by atoms with E-state index in [0.717, 1.165) is 32.1 Å². The number of nitrogens with two attached hydrogens (primary N) is 1. The van der Waals surface area contributed by atoms with Gasteiger partial charge in [-0.05, 0) is 38.5 Å². The number of hydrogen-bond donors (Lipinski definition) is 1. The van der Waals surface area contributed by atoms with E-state index in [0.29, 0.717) is 18.2 Å². The summed E-state index contributed by atoms with van der Waals surface area (Å²) in [6.45, 7) is 2.48. The Morgan fingerprint density at radius 3 is 2.37 bits per heavy atom. The van der Waals surface area contributed by atoms with Crippen molar-refractivity contribution in [3.63, 3.8) is 0 Å². The van der Waals surface area contributed by atoms with Crippen molar-refractivity contribution < 1.29 is 8.42 Å². The number of nitrogens with zero attached hydrogens (tertiary/aromatic N) is 1. The minimum Gasteiger partial charge on any atom is -0.329 e. The lowest BCUT2D eigenvalue weighted by atomic mass is 9.91. The van der Waals surface area contributed by atoms with Crippen LogP contribution in [0, 0.1) is 5.92 Å². The number of piperidine rings is 1. The molecule has 2 rings (SSSR count). The Labute approximate surface area is 117 Å². The van der Waals surface area contributed by atoms with E-state index < -0.39 is 10.0 Å². The lowest BCUT2D eigenvalue weighted by molar-refractivity contribution is 0.194. The van der Waals surface area contributed by atoms with Gasteiger partial charge in [-0.25, -0.2) is 8.42 Å². The number of hydrogen-bond acceptors (Lipinski definition) is 3. The minimum atomic E-state index is -3.14. The van der Waals surface area contributed by atoms with Crippen molar-refractivity contribution in [2.24, 2.45) is 11.7 Å². The van der Waals surface area contributed by atoms with Gasteiger partial charge in [0.25, 0.3) is 0 Å². The zero-order valence-corrected chi connectivity index (χ0v) is 12.9. The Morgan fingerprint density at radius 2 is 1.74 bits per heavy atom. The summed E-state index contributed by atoms with van der Waals surface area (Å²) in [5.41, 5.74) is 5.78. The highest BCUT2D eigenvalue weighted by atomic mass is 32.2. The molecule has 2 N–H and O–H groups in total. The fourth-order valence-electron chi connectivity index (χ4n) is 3.72. The Hall–Kier alpha value is -0.130. The molecule has 19 heavy (non-hydrogen) atoms. The van der Waals surface area contributed by atoms with Gasteiger partial charge in [-0.2, -0.15) is 4.31 Å². The molecule has 112 valence electrons. The summed E-state index contributed by atoms with van der Waals surface area (Å²) in [7, 11) is -3.14. The van der Waals surface area contributed by atoms with Crippen molar-refractivity contribution in [2.45, 2.75) is 70.4 Å². The Bertz CT molecular complexity index is 377. The standard InChI is InChI=1S/C14H28N2O2S/c1-12-6-5-9-14(10-15)16(12)19(17,18)11-13-7-3-2-4-8-13/h12-14H,2-11,15H2,1H3. The summed E-state index contributed by atoms with van der Waals surface area (Å²) in [6, 6.07) is 0.147. The van der Waals surface area contributed by atoms with Crippen molar-refractivity contribution in [1.29, 1.82) is 0 Å². The average Bonchev–Trinajstić information content (AvgIpc) is 2.38. The van der Waals surface area contributed by atoms with Crippen LogP contribution in [0.2, 0.25) is 0 Å². The van der Waals surface area contributed by atoms with Crippen LogP contribution >= 0.6 is 0 Å². The lowest BCUT2D eigenvalue weighted by Gasteiger charge is -2.40. The quantitative estimate of drug-likeness (QED) is 0.861. The summed E-state index contributed by atoms with van der Waals surface area (Å²) in [5, 5.41) is 0. The maximum atomic E-state index is 12.7. The lowest BCUT2D eigenvalue weighted by Crippen LogP contribution is -2.53. The molecule has 2 fully saturated rings. The number of rotatable bonds is 4. The molecule has 5 heteroatoms. The molecule has 1 aliphatic heterocycles. The van der Waals surface area contributed by atoms with E-state index in [9.17, 15) is 8.42 Å². The van der Waals surface area contributed by atoms with Gasteiger partial charge in [0.2, 0.25) is 10.0 Å². The Morgan fingerprint density at radius 1 is 1.05 bits per heavy atom. The third-order valence-corrected chi connectivity index (χ3v) is 6.91. The van der Waals surface area contributed by atoms with Crippen LogP contribution in [-0.2, 0) is 10.0 Å². The first-order valence-electron chi connectivity index (χ1n) is 7.76. The predicted octanol–water partition coefficient (Wildman–Crippen LogP) is 2.10. The molecule has 2 aliphatic rings. The van der Waals surface area contributed by atoms with Gasteiger partial charge in [0.05, 0.1) is 5.75 Å². The second-order valence-electron chi connectivity index (χ2n) is 6.28. The van der Waals surface area contributed by atoms with E-state index in [4.69, 9.17) is 5.73 Å². The van der Waals surface area contributed by atoms with Crippen molar-refractivity contribution >= 4 is 10.0 Å². The number of sulfonamides is 1. The van der Waals surface area contributed by atoms with Crippen LogP contribution in [0.5, 0.6) is 0 Å². The predicted molar refractivity (Wildman–Crippen MR) is 78.4 cm³/mol. The van der Waals surface area contributed by atoms with E-state index in [1.807, 2.05) is 6.92 Å². The largest absolute Gasteiger partial charge is 0.329 e. The highest BCUT2D eigenvalue weighted by Gasteiger charge is 2.37. The van der Waals surface area contributed by atoms with Crippen LogP contribution < -0.4 is 5.73 Å². The fraction of sp³-hybridized carbons (Fsp3) is 1.00. The van der Waals surface area contributed by atoms with Crippen molar-refractivity contribution in [2.75, 3.05) is 12.3 Å². The first-order chi connectivity index (χ1) is 9.04. The summed E-state index contributed by atoms with van der Waals surface area (Å²) in [6.07, 6.45) is 8.79. The average molecular weight is 288 g/mol. The monoisotopic (exact) mass is 288 g/mol. The molecule has 0 aromatic carbocycles. The highest BCUT2D eigenvalue weighted by molar-refractivity contribution is 7.89. The van der Waals surface area contributed by atoms with Crippen LogP contribution in [0.1, 0.15) is 58.3 Å². The van der Waals surface area contributed by atoms with Gasteiger partial charge in [-0.15, -0.1) is 0 Å². The minimum absolute atomic E-state index is 0.0253. The fourth-order valence-corrected chi connectivity index (χ4v) is 6.12. The van der Waals surface area contributed by atoms with Gasteiger partial charge in [0.1, 0.15) is 0 Å². The van der Waals surface area contributed by atoms with Crippen LogP contribution in [0.25, 0.3) is 0 Å². The van der Waals surface area contributed by atoms with Crippen LogP contribution in [0.4, 0.5) is 0 Å². The smallest absolute Gasteiger partial charge is 0.214 e. The zero-order chi connectivity index (χ0) is 13.9. The molecule has 1 saturated carbocycles. The van der Waals surface area contributed by atoms with Crippen molar-refractivity contribution in [3.8, 4) is 0 Å². The zero-order valence-electron chi connectivity index (χ0n) is 12.1. The maximum absolute atomic E-state index is 12.7. The molecule has 4 nitrogen and oxygen atoms in total. The first-order valence-corrected chi connectivity index (χ1v) is 9.37. The molecule has 0 aromatic heterocycles. The summed E-state index contributed by atoms with van der Waals surface area (Å²) >= 11 is 0. The van der Waals surface area contributed by atoms with Gasteiger partial charge in [-0.3, -0.25) is 0 Å². The van der Waals surface area contributed by atoms with E-state index >= 15 is 0 Å². The topological polar surface area (TPSA) is 63.4 Å². The molecule has 1 aliphatic carbocycles. The third kappa shape index (κ3) is 3.70. The van der Waals surface area contributed by atoms with E-state index in [1.165, 1.54) is 19.3 Å². The van der Waals surface area contributed by atoms with Crippen LogP contribution in [-0.4, -0.2) is 37.1 Å². The van der Waals surface area contributed by atoms with Gasteiger partial charge < -0.3 is 5.73 Å². The molecular weight excluding hydrogens is 260 g/mol. The molecule has 0 spiro atoms. The van der Waals surface area contributed by atoms with Gasteiger partial charge in [0.15, 0.2) is 0 Å². The third-order valence-electron chi connectivity index (χ3n) is 4.72. The molecule has 0 bridgehead atoms. The Kier molecular flexibility index (Phi) is 5.26. The normalized spacial score (nSPS) is 31.5. The second-order valence-corrected chi connectivity index (χ2v) is 8.20. The molecule has 0 radical (unpaired) electrons. The van der Waals surface area contributed by atoms with Crippen molar-refractivity contribution in [1.82, 2.24) is 4.31 Å². The van der Waals surface area contributed by atoms with Gasteiger partial charge in [-0.1, -0.05) is 25.7 Å². The molecule has 0 aromatic rings. The van der Waals surface area contributed by atoms with Gasteiger partial charge >= 0.3 is 0 Å². The molecular formula is C14H28N2O2S. The summed E-state index contributed by atoms with van der Waals surface area (Å²) < 4.78 is 27.1.